The van der Waals surface area contributed by atoms with Crippen LogP contribution in [0.3, 0.4) is 0 Å². The summed E-state index contributed by atoms with van der Waals surface area (Å²) in [4.78, 5) is 0.297. The predicted octanol–water partition coefficient (Wildman–Crippen LogP) is 6.85. The molecule has 0 saturated carbocycles. The second-order valence-corrected chi connectivity index (χ2v) is 11.7. The van der Waals surface area contributed by atoms with Gasteiger partial charge >= 0.3 is 0 Å². The summed E-state index contributed by atoms with van der Waals surface area (Å²) in [6, 6.07) is 16.9. The molecule has 166 valence electrons. The monoisotopic (exact) mass is 447 g/mol. The van der Waals surface area contributed by atoms with E-state index >= 15 is 0 Å². The molecule has 1 heterocycles. The van der Waals surface area contributed by atoms with E-state index in [1.807, 2.05) is 49.4 Å². The molecular formula is C27H29NO3S. The normalized spacial score (nSPS) is 16.9. The summed E-state index contributed by atoms with van der Waals surface area (Å²) in [6.45, 7) is 8.70. The van der Waals surface area contributed by atoms with Gasteiger partial charge in [-0.15, -0.1) is 0 Å². The molecule has 0 saturated heterocycles. The van der Waals surface area contributed by atoms with Crippen molar-refractivity contribution in [1.29, 1.82) is 0 Å². The molecule has 4 aromatic rings. The lowest BCUT2D eigenvalue weighted by atomic mass is 9.71. The molecule has 1 unspecified atom stereocenters. The topological polar surface area (TPSA) is 59.3 Å². The Morgan fingerprint density at radius 1 is 0.969 bits per heavy atom. The van der Waals surface area contributed by atoms with E-state index in [1.54, 1.807) is 12.1 Å². The number of hydrogen-bond donors (Lipinski definition) is 1. The molecule has 32 heavy (non-hydrogen) atoms. The van der Waals surface area contributed by atoms with E-state index in [4.69, 9.17) is 4.42 Å². The molecule has 1 aliphatic carbocycles. The van der Waals surface area contributed by atoms with Gasteiger partial charge in [0.15, 0.2) is 0 Å². The highest BCUT2D eigenvalue weighted by molar-refractivity contribution is 7.92. The lowest BCUT2D eigenvalue weighted by Gasteiger charge is -2.33. The lowest BCUT2D eigenvalue weighted by Crippen LogP contribution is -2.26. The first-order valence-corrected chi connectivity index (χ1v) is 12.7. The minimum Gasteiger partial charge on any atom is -0.460 e. The van der Waals surface area contributed by atoms with Crippen LogP contribution in [0.15, 0.2) is 63.9 Å². The average Bonchev–Trinajstić information content (AvgIpc) is 3.11. The summed E-state index contributed by atoms with van der Waals surface area (Å²) in [7, 11) is -3.72. The van der Waals surface area contributed by atoms with Crippen molar-refractivity contribution in [1.82, 2.24) is 0 Å². The molecule has 4 nitrogen and oxygen atoms in total. The number of furan rings is 1. The zero-order valence-electron chi connectivity index (χ0n) is 19.0. The highest BCUT2D eigenvalue weighted by Gasteiger charge is 2.32. The Balaban J connectivity index is 1.69. The van der Waals surface area contributed by atoms with Gasteiger partial charge in [0, 0.05) is 28.1 Å². The standard InChI is InChI=1S/C27H29NO3S/c1-17-9-5-8-12-25(17)32(29,30)28-23-16-22-21-15-18(27(2,3)4)13-14-24(21)31-26(22)20-11-7-6-10-19(20)23/h5-12,16,18,28H,13-15H2,1-4H3. The minimum absolute atomic E-state index is 0.216. The zero-order chi connectivity index (χ0) is 22.7. The molecule has 5 rings (SSSR count). The first-order valence-electron chi connectivity index (χ1n) is 11.2. The quantitative estimate of drug-likeness (QED) is 0.374. The van der Waals surface area contributed by atoms with Crippen molar-refractivity contribution in [2.75, 3.05) is 4.72 Å². The summed E-state index contributed by atoms with van der Waals surface area (Å²) in [5.41, 5.74) is 3.62. The van der Waals surface area contributed by atoms with E-state index in [2.05, 4.69) is 25.5 Å². The van der Waals surface area contributed by atoms with Crippen LogP contribution >= 0.6 is 0 Å². The van der Waals surface area contributed by atoms with Gasteiger partial charge in [-0.1, -0.05) is 63.2 Å². The molecule has 0 aliphatic heterocycles. The zero-order valence-corrected chi connectivity index (χ0v) is 19.8. The maximum absolute atomic E-state index is 13.3. The van der Waals surface area contributed by atoms with Gasteiger partial charge in [0.1, 0.15) is 11.3 Å². The fourth-order valence-corrected chi connectivity index (χ4v) is 6.30. The highest BCUT2D eigenvalue weighted by atomic mass is 32.2. The van der Waals surface area contributed by atoms with E-state index in [-0.39, 0.29) is 5.41 Å². The smallest absolute Gasteiger partial charge is 0.262 e. The van der Waals surface area contributed by atoms with Crippen molar-refractivity contribution in [2.45, 2.75) is 51.9 Å². The van der Waals surface area contributed by atoms with Crippen LogP contribution in [0.4, 0.5) is 5.69 Å². The van der Waals surface area contributed by atoms with Gasteiger partial charge in [0.05, 0.1) is 10.6 Å². The SMILES string of the molecule is Cc1ccccc1S(=O)(=O)Nc1cc2c3c(oc2c2ccccc12)CCC(C(C)(C)C)C3. The van der Waals surface area contributed by atoms with Gasteiger partial charge in [0.2, 0.25) is 0 Å². The molecule has 1 aliphatic rings. The number of nitrogens with one attached hydrogen (secondary N) is 1. The third kappa shape index (κ3) is 3.49. The van der Waals surface area contributed by atoms with Crippen molar-refractivity contribution in [2.24, 2.45) is 11.3 Å². The molecule has 0 fully saturated rings. The van der Waals surface area contributed by atoms with E-state index < -0.39 is 10.0 Å². The largest absolute Gasteiger partial charge is 0.460 e. The molecule has 1 N–H and O–H groups in total. The predicted molar refractivity (Wildman–Crippen MR) is 131 cm³/mol. The Labute approximate surface area is 189 Å². The Morgan fingerprint density at radius 3 is 2.38 bits per heavy atom. The van der Waals surface area contributed by atoms with Gasteiger partial charge in [-0.05, 0) is 48.8 Å². The fraction of sp³-hybridized carbons (Fsp3) is 0.333. The molecule has 0 radical (unpaired) electrons. The number of sulfonamides is 1. The summed E-state index contributed by atoms with van der Waals surface area (Å²) in [6.07, 6.45) is 2.99. The van der Waals surface area contributed by atoms with E-state index in [0.717, 1.165) is 52.3 Å². The van der Waals surface area contributed by atoms with Crippen LogP contribution in [0, 0.1) is 18.3 Å². The molecule has 3 aromatic carbocycles. The summed E-state index contributed by atoms with van der Waals surface area (Å²) >= 11 is 0. The second-order valence-electron chi connectivity index (χ2n) is 10.0. The number of hydrogen-bond acceptors (Lipinski definition) is 3. The van der Waals surface area contributed by atoms with Crippen molar-refractivity contribution < 1.29 is 12.8 Å². The van der Waals surface area contributed by atoms with Gasteiger partial charge in [-0.2, -0.15) is 0 Å². The Bertz CT molecular complexity index is 1440. The average molecular weight is 448 g/mol. The molecule has 1 atom stereocenters. The van der Waals surface area contributed by atoms with Gasteiger partial charge in [0.25, 0.3) is 10.0 Å². The molecule has 5 heteroatoms. The van der Waals surface area contributed by atoms with E-state index in [0.29, 0.717) is 16.5 Å². The van der Waals surface area contributed by atoms with Crippen LogP contribution in [-0.4, -0.2) is 8.42 Å². The molecule has 1 aromatic heterocycles. The maximum atomic E-state index is 13.3. The third-order valence-electron chi connectivity index (χ3n) is 6.90. The minimum atomic E-state index is -3.72. The maximum Gasteiger partial charge on any atom is 0.262 e. The highest BCUT2D eigenvalue weighted by Crippen LogP contribution is 2.44. The molecular weight excluding hydrogens is 418 g/mol. The van der Waals surface area contributed by atoms with Crippen LogP contribution in [0.1, 0.15) is 44.1 Å². The number of aryl methyl sites for hydroxylation is 2. The van der Waals surface area contributed by atoms with Crippen LogP contribution in [0.25, 0.3) is 21.7 Å². The van der Waals surface area contributed by atoms with Crippen molar-refractivity contribution in [3.63, 3.8) is 0 Å². The van der Waals surface area contributed by atoms with Gasteiger partial charge in [-0.3, -0.25) is 4.72 Å². The number of anilines is 1. The fourth-order valence-electron chi connectivity index (χ4n) is 4.98. The van der Waals surface area contributed by atoms with Gasteiger partial charge < -0.3 is 4.42 Å². The third-order valence-corrected chi connectivity index (χ3v) is 8.43. The lowest BCUT2D eigenvalue weighted by molar-refractivity contribution is 0.210. The molecule has 0 amide bonds. The number of benzene rings is 3. The molecule has 0 spiro atoms. The van der Waals surface area contributed by atoms with Crippen molar-refractivity contribution in [3.8, 4) is 0 Å². The summed E-state index contributed by atoms with van der Waals surface area (Å²) in [5.74, 6) is 1.61. The Hall–Kier alpha value is -2.79. The summed E-state index contributed by atoms with van der Waals surface area (Å²) in [5, 5.41) is 2.81. The Morgan fingerprint density at radius 2 is 1.66 bits per heavy atom. The molecule has 0 bridgehead atoms. The Kier molecular flexibility index (Phi) is 4.86. The van der Waals surface area contributed by atoms with Crippen LogP contribution in [0.5, 0.6) is 0 Å². The van der Waals surface area contributed by atoms with Crippen LogP contribution in [0.2, 0.25) is 0 Å². The van der Waals surface area contributed by atoms with E-state index in [9.17, 15) is 8.42 Å². The van der Waals surface area contributed by atoms with Gasteiger partial charge in [-0.25, -0.2) is 8.42 Å². The van der Waals surface area contributed by atoms with Crippen LogP contribution < -0.4 is 4.72 Å². The second kappa shape index (κ2) is 7.38. The van der Waals surface area contributed by atoms with Crippen molar-refractivity contribution in [3.05, 3.63) is 71.5 Å². The number of fused-ring (bicyclic) bond motifs is 5. The van der Waals surface area contributed by atoms with Crippen LogP contribution in [-0.2, 0) is 22.9 Å². The van der Waals surface area contributed by atoms with E-state index in [1.165, 1.54) is 5.56 Å². The first-order chi connectivity index (χ1) is 15.1. The number of rotatable bonds is 3. The summed E-state index contributed by atoms with van der Waals surface area (Å²) < 4.78 is 35.8. The first kappa shape index (κ1) is 21.1. The van der Waals surface area contributed by atoms with Crippen molar-refractivity contribution >= 4 is 37.5 Å².